The third kappa shape index (κ3) is 1.73. The molecule has 2 aromatic rings. The van der Waals surface area contributed by atoms with E-state index < -0.39 is 0 Å². The van der Waals surface area contributed by atoms with Crippen molar-refractivity contribution in [3.63, 3.8) is 0 Å². The Balaban J connectivity index is 2.51. The Morgan fingerprint density at radius 3 is 2.93 bits per heavy atom. The van der Waals surface area contributed by atoms with Gasteiger partial charge in [-0.1, -0.05) is 19.1 Å². The first kappa shape index (κ1) is 9.77. The van der Waals surface area contributed by atoms with Gasteiger partial charge in [0.15, 0.2) is 12.0 Å². The average Bonchev–Trinajstić information content (AvgIpc) is 2.64. The number of hydrogen-bond acceptors (Lipinski definition) is 3. The predicted octanol–water partition coefficient (Wildman–Crippen LogP) is 3.03. The first-order valence-electron chi connectivity index (χ1n) is 4.96. The SMILES string of the molecule is CCCOc1c(C=O)oc2ccccc12. The highest BCUT2D eigenvalue weighted by Crippen LogP contribution is 2.31. The molecule has 0 saturated heterocycles. The van der Waals surface area contributed by atoms with Crippen molar-refractivity contribution < 1.29 is 13.9 Å². The first-order chi connectivity index (χ1) is 7.36. The molecule has 1 aromatic heterocycles. The van der Waals surface area contributed by atoms with Gasteiger partial charge < -0.3 is 9.15 Å². The maximum absolute atomic E-state index is 10.8. The van der Waals surface area contributed by atoms with Crippen LogP contribution >= 0.6 is 0 Å². The van der Waals surface area contributed by atoms with Gasteiger partial charge in [-0.3, -0.25) is 4.79 Å². The summed E-state index contributed by atoms with van der Waals surface area (Å²) in [5, 5.41) is 0.855. The Kier molecular flexibility index (Phi) is 2.72. The van der Waals surface area contributed by atoms with Gasteiger partial charge >= 0.3 is 0 Å². The highest BCUT2D eigenvalue weighted by molar-refractivity contribution is 5.92. The second kappa shape index (κ2) is 4.17. The van der Waals surface area contributed by atoms with E-state index in [1.807, 2.05) is 31.2 Å². The summed E-state index contributed by atoms with van der Waals surface area (Å²) in [5.41, 5.74) is 0.686. The molecular formula is C12H12O3. The number of carbonyl (C=O) groups is 1. The van der Waals surface area contributed by atoms with Gasteiger partial charge in [-0.25, -0.2) is 0 Å². The Bertz CT molecular complexity index is 471. The molecule has 1 aromatic carbocycles. The summed E-state index contributed by atoms with van der Waals surface area (Å²) in [7, 11) is 0. The van der Waals surface area contributed by atoms with Gasteiger partial charge in [0.2, 0.25) is 5.76 Å². The van der Waals surface area contributed by atoms with E-state index in [0.29, 0.717) is 24.2 Å². The fraction of sp³-hybridized carbons (Fsp3) is 0.250. The van der Waals surface area contributed by atoms with Crippen molar-refractivity contribution in [3.8, 4) is 5.75 Å². The van der Waals surface area contributed by atoms with E-state index in [-0.39, 0.29) is 5.76 Å². The van der Waals surface area contributed by atoms with Crippen LogP contribution in [0.4, 0.5) is 0 Å². The van der Waals surface area contributed by atoms with Gasteiger partial charge in [0.1, 0.15) is 5.58 Å². The van der Waals surface area contributed by atoms with Crippen LogP contribution in [0, 0.1) is 0 Å². The molecule has 0 radical (unpaired) electrons. The van der Waals surface area contributed by atoms with Crippen LogP contribution in [0.15, 0.2) is 28.7 Å². The van der Waals surface area contributed by atoms with Crippen LogP contribution in [0.2, 0.25) is 0 Å². The fourth-order valence-corrected chi connectivity index (χ4v) is 1.47. The normalized spacial score (nSPS) is 10.5. The van der Waals surface area contributed by atoms with Crippen molar-refractivity contribution in [2.24, 2.45) is 0 Å². The second-order valence-corrected chi connectivity index (χ2v) is 3.26. The van der Waals surface area contributed by atoms with Gasteiger partial charge in [-0.2, -0.15) is 0 Å². The van der Waals surface area contributed by atoms with Gasteiger partial charge in [0, 0.05) is 0 Å². The molecule has 15 heavy (non-hydrogen) atoms. The lowest BCUT2D eigenvalue weighted by Crippen LogP contribution is -1.96. The lowest BCUT2D eigenvalue weighted by molar-refractivity contribution is 0.109. The highest BCUT2D eigenvalue weighted by atomic mass is 16.5. The van der Waals surface area contributed by atoms with E-state index in [2.05, 4.69) is 0 Å². The molecular weight excluding hydrogens is 192 g/mol. The monoisotopic (exact) mass is 204 g/mol. The third-order valence-corrected chi connectivity index (χ3v) is 2.13. The molecule has 0 bridgehead atoms. The number of benzene rings is 1. The van der Waals surface area contributed by atoms with Gasteiger partial charge in [-0.15, -0.1) is 0 Å². The van der Waals surface area contributed by atoms with Gasteiger partial charge in [0.05, 0.1) is 12.0 Å². The molecule has 78 valence electrons. The van der Waals surface area contributed by atoms with Crippen LogP contribution in [-0.4, -0.2) is 12.9 Å². The zero-order valence-electron chi connectivity index (χ0n) is 8.53. The zero-order valence-corrected chi connectivity index (χ0v) is 8.53. The van der Waals surface area contributed by atoms with Crippen molar-refractivity contribution in [1.29, 1.82) is 0 Å². The minimum absolute atomic E-state index is 0.268. The predicted molar refractivity (Wildman–Crippen MR) is 57.4 cm³/mol. The molecule has 0 N–H and O–H groups in total. The molecule has 3 nitrogen and oxygen atoms in total. The standard InChI is InChI=1S/C12H12O3/c1-2-7-14-12-9-5-3-4-6-10(9)15-11(12)8-13/h3-6,8H,2,7H2,1H3. The third-order valence-electron chi connectivity index (χ3n) is 2.13. The van der Waals surface area contributed by atoms with Crippen LogP contribution in [-0.2, 0) is 0 Å². The van der Waals surface area contributed by atoms with E-state index in [9.17, 15) is 4.79 Å². The quantitative estimate of drug-likeness (QED) is 0.718. The summed E-state index contributed by atoms with van der Waals surface area (Å²) in [6.07, 6.45) is 1.59. The Hall–Kier alpha value is -1.77. The molecule has 0 aliphatic carbocycles. The molecule has 0 amide bonds. The molecule has 3 heteroatoms. The Labute approximate surface area is 87.6 Å². The molecule has 0 aliphatic heterocycles. The van der Waals surface area contributed by atoms with Crippen LogP contribution in [0.25, 0.3) is 11.0 Å². The Morgan fingerprint density at radius 2 is 2.20 bits per heavy atom. The topological polar surface area (TPSA) is 39.4 Å². The highest BCUT2D eigenvalue weighted by Gasteiger charge is 2.13. The number of hydrogen-bond donors (Lipinski definition) is 0. The average molecular weight is 204 g/mol. The maximum Gasteiger partial charge on any atom is 0.209 e. The first-order valence-corrected chi connectivity index (χ1v) is 4.96. The minimum atomic E-state index is 0.268. The lowest BCUT2D eigenvalue weighted by atomic mass is 10.2. The largest absolute Gasteiger partial charge is 0.489 e. The maximum atomic E-state index is 10.8. The summed E-state index contributed by atoms with van der Waals surface area (Å²) in [6.45, 7) is 2.60. The van der Waals surface area contributed by atoms with Crippen LogP contribution < -0.4 is 4.74 Å². The summed E-state index contributed by atoms with van der Waals surface area (Å²) in [6, 6.07) is 7.47. The fourth-order valence-electron chi connectivity index (χ4n) is 1.47. The number of furan rings is 1. The number of fused-ring (bicyclic) bond motifs is 1. The molecule has 0 unspecified atom stereocenters. The number of ether oxygens (including phenoxy) is 1. The number of rotatable bonds is 4. The van der Waals surface area contributed by atoms with Crippen molar-refractivity contribution in [3.05, 3.63) is 30.0 Å². The van der Waals surface area contributed by atoms with E-state index in [1.165, 1.54) is 0 Å². The molecule has 0 spiro atoms. The molecule has 0 aliphatic rings. The summed E-state index contributed by atoms with van der Waals surface area (Å²) >= 11 is 0. The van der Waals surface area contributed by atoms with Crippen molar-refractivity contribution >= 4 is 17.3 Å². The summed E-state index contributed by atoms with van der Waals surface area (Å²) < 4.78 is 10.9. The Morgan fingerprint density at radius 1 is 1.40 bits per heavy atom. The van der Waals surface area contributed by atoms with Crippen LogP contribution in [0.5, 0.6) is 5.75 Å². The van der Waals surface area contributed by atoms with Gasteiger partial charge in [-0.05, 0) is 18.6 Å². The molecule has 0 fully saturated rings. The smallest absolute Gasteiger partial charge is 0.209 e. The van der Waals surface area contributed by atoms with E-state index in [1.54, 1.807) is 0 Å². The molecule has 2 rings (SSSR count). The summed E-state index contributed by atoms with van der Waals surface area (Å²) in [5.74, 6) is 0.826. The molecule has 0 atom stereocenters. The number of para-hydroxylation sites is 1. The number of carbonyl (C=O) groups excluding carboxylic acids is 1. The van der Waals surface area contributed by atoms with Crippen LogP contribution in [0.1, 0.15) is 23.9 Å². The van der Waals surface area contributed by atoms with E-state index in [0.717, 1.165) is 11.8 Å². The zero-order chi connectivity index (χ0) is 10.7. The van der Waals surface area contributed by atoms with Gasteiger partial charge in [0.25, 0.3) is 0 Å². The minimum Gasteiger partial charge on any atom is -0.489 e. The van der Waals surface area contributed by atoms with Crippen molar-refractivity contribution in [1.82, 2.24) is 0 Å². The molecule has 0 saturated carbocycles. The van der Waals surface area contributed by atoms with E-state index >= 15 is 0 Å². The van der Waals surface area contributed by atoms with Crippen molar-refractivity contribution in [2.75, 3.05) is 6.61 Å². The summed E-state index contributed by atoms with van der Waals surface area (Å²) in [4.78, 5) is 10.8. The second-order valence-electron chi connectivity index (χ2n) is 3.26. The van der Waals surface area contributed by atoms with E-state index in [4.69, 9.17) is 9.15 Å². The molecule has 1 heterocycles. The number of aldehydes is 1. The lowest BCUT2D eigenvalue weighted by Gasteiger charge is -2.01. The van der Waals surface area contributed by atoms with Crippen LogP contribution in [0.3, 0.4) is 0 Å². The van der Waals surface area contributed by atoms with Crippen molar-refractivity contribution in [2.45, 2.75) is 13.3 Å².